The Bertz CT molecular complexity index is 3150. The van der Waals surface area contributed by atoms with Crippen LogP contribution in [0.3, 0.4) is 0 Å². The standard InChI is InChI=1S/2C21H15O.C20H38O7S/c2*1-3-7-17-14(5-1)11-12-20-19(17)13-16-10-9-15-6-2-4-8-18(15)21(16)22-20;1-5-9-11-15(7-3)13-20(19(23)24,14-16(8-4)12-10-6-2)17(18(21)22)28(25,26)27/h2*1-8,11-13H,9-10H2;15-17H,5-14H2,1-4H3,(H,21,22)(H,23,24)(H,25,26,27)/q2*+1;/p-2. The number of carbonyl (C=O) groups excluding carboxylic acids is 2. The van der Waals surface area contributed by atoms with Crippen LogP contribution < -0.4 is 10.2 Å². The largest absolute Gasteiger partial charge is 0.549 e. The van der Waals surface area contributed by atoms with Gasteiger partial charge in [-0.3, -0.25) is 4.55 Å². The van der Waals surface area contributed by atoms with E-state index >= 15 is 0 Å². The molecule has 3 atom stereocenters. The molecular formula is C62H66O9S. The van der Waals surface area contributed by atoms with Gasteiger partial charge >= 0.3 is 22.7 Å². The number of hydrogen-bond donors (Lipinski definition) is 1. The molecule has 6 aromatic carbocycles. The fourth-order valence-electron chi connectivity index (χ4n) is 11.3. The van der Waals surface area contributed by atoms with Gasteiger partial charge in [-0.15, -0.1) is 0 Å². The molecule has 0 saturated carbocycles. The molecule has 2 aliphatic rings. The molecule has 1 N–H and O–H groups in total. The first kappa shape index (κ1) is 51.9. The maximum absolute atomic E-state index is 12.3. The van der Waals surface area contributed by atoms with E-state index in [1.54, 1.807) is 0 Å². The quantitative estimate of drug-likeness (QED) is 0.0565. The minimum absolute atomic E-state index is 0.174. The molecule has 2 aromatic heterocycles. The molecule has 9 nitrogen and oxygen atoms in total. The monoisotopic (exact) mass is 986 g/mol. The van der Waals surface area contributed by atoms with Crippen LogP contribution in [0.1, 0.15) is 114 Å². The molecule has 10 rings (SSSR count). The molecule has 8 aromatic rings. The number of carboxylic acid groups (broad SMARTS) is 2. The van der Waals surface area contributed by atoms with E-state index < -0.39 is 32.7 Å². The minimum atomic E-state index is -5.20. The average Bonchev–Trinajstić information content (AvgIpc) is 3.39. The molecule has 374 valence electrons. The van der Waals surface area contributed by atoms with Crippen LogP contribution >= 0.6 is 0 Å². The highest BCUT2D eigenvalue weighted by atomic mass is 32.2. The van der Waals surface area contributed by atoms with Gasteiger partial charge in [0, 0.05) is 23.5 Å². The summed E-state index contributed by atoms with van der Waals surface area (Å²) in [7, 11) is -5.20. The Balaban J connectivity index is 0.000000145. The third-order valence-corrected chi connectivity index (χ3v) is 16.4. The Labute approximate surface area is 423 Å². The lowest BCUT2D eigenvalue weighted by atomic mass is 9.68. The predicted octanol–water partition coefficient (Wildman–Crippen LogP) is 13.2. The summed E-state index contributed by atoms with van der Waals surface area (Å²) in [6.45, 7) is 7.68. The predicted molar refractivity (Wildman–Crippen MR) is 286 cm³/mol. The Kier molecular flexibility index (Phi) is 16.5. The highest BCUT2D eigenvalue weighted by molar-refractivity contribution is 7.87. The van der Waals surface area contributed by atoms with E-state index in [9.17, 15) is 32.8 Å². The van der Waals surface area contributed by atoms with Crippen LogP contribution in [0.4, 0.5) is 0 Å². The van der Waals surface area contributed by atoms with Crippen molar-refractivity contribution in [1.29, 1.82) is 0 Å². The van der Waals surface area contributed by atoms with E-state index in [4.69, 9.17) is 8.83 Å². The van der Waals surface area contributed by atoms with Gasteiger partial charge in [-0.25, -0.2) is 8.83 Å². The van der Waals surface area contributed by atoms with Crippen molar-refractivity contribution in [3.8, 4) is 22.6 Å². The van der Waals surface area contributed by atoms with Crippen molar-refractivity contribution in [3.05, 3.63) is 156 Å². The van der Waals surface area contributed by atoms with E-state index in [-0.39, 0.29) is 24.7 Å². The summed E-state index contributed by atoms with van der Waals surface area (Å²) in [6, 6.07) is 47.3. The van der Waals surface area contributed by atoms with Crippen LogP contribution in [-0.4, -0.2) is 30.2 Å². The van der Waals surface area contributed by atoms with Crippen LogP contribution in [0, 0.1) is 17.3 Å². The second-order valence-electron chi connectivity index (χ2n) is 19.8. The van der Waals surface area contributed by atoms with Gasteiger partial charge in [-0.05, 0) is 119 Å². The minimum Gasteiger partial charge on any atom is -0.549 e. The van der Waals surface area contributed by atoms with Crippen molar-refractivity contribution in [3.63, 3.8) is 0 Å². The Morgan fingerprint density at radius 3 is 1.35 bits per heavy atom. The van der Waals surface area contributed by atoms with Crippen molar-refractivity contribution in [2.45, 2.75) is 123 Å². The number of carboxylic acids is 2. The second kappa shape index (κ2) is 22.9. The lowest BCUT2D eigenvalue weighted by molar-refractivity contribution is -0.329. The molecule has 0 bridgehead atoms. The summed E-state index contributed by atoms with van der Waals surface area (Å²) in [4.78, 5) is 24.0. The van der Waals surface area contributed by atoms with E-state index in [0.29, 0.717) is 25.7 Å². The summed E-state index contributed by atoms with van der Waals surface area (Å²) < 4.78 is 46.1. The lowest BCUT2D eigenvalue weighted by Gasteiger charge is -2.44. The van der Waals surface area contributed by atoms with E-state index in [1.165, 1.54) is 65.7 Å². The van der Waals surface area contributed by atoms with Crippen molar-refractivity contribution in [1.82, 2.24) is 0 Å². The lowest BCUT2D eigenvalue weighted by Crippen LogP contribution is -2.60. The second-order valence-corrected chi connectivity index (χ2v) is 21.3. The fraction of sp³-hybridized carbons (Fsp3) is 0.355. The summed E-state index contributed by atoms with van der Waals surface area (Å²) in [5.74, 6) is -2.13. The first-order valence-electron chi connectivity index (χ1n) is 25.9. The third-order valence-electron chi connectivity index (χ3n) is 15.2. The fourth-order valence-corrected chi connectivity index (χ4v) is 12.4. The van der Waals surface area contributed by atoms with Gasteiger partial charge in [0.2, 0.25) is 0 Å². The van der Waals surface area contributed by atoms with Crippen LogP contribution in [0.25, 0.3) is 66.1 Å². The molecule has 0 aliphatic heterocycles. The van der Waals surface area contributed by atoms with Crippen molar-refractivity contribution in [2.75, 3.05) is 0 Å². The number of aryl methyl sites for hydroxylation is 4. The zero-order valence-electron chi connectivity index (χ0n) is 42.0. The number of hydrogen-bond acceptors (Lipinski definition) is 6. The number of carbonyl (C=O) groups is 2. The van der Waals surface area contributed by atoms with Crippen molar-refractivity contribution in [2.24, 2.45) is 17.3 Å². The summed E-state index contributed by atoms with van der Waals surface area (Å²) in [5.41, 5.74) is 7.62. The number of benzene rings is 6. The van der Waals surface area contributed by atoms with Gasteiger partial charge in [0.05, 0.1) is 39.0 Å². The third kappa shape index (κ3) is 11.1. The van der Waals surface area contributed by atoms with Gasteiger partial charge in [0.1, 0.15) is 5.25 Å². The van der Waals surface area contributed by atoms with Gasteiger partial charge in [-0.1, -0.05) is 164 Å². The molecule has 72 heavy (non-hydrogen) atoms. The number of rotatable bonds is 16. The van der Waals surface area contributed by atoms with Crippen LogP contribution in [-0.2, 0) is 45.4 Å². The van der Waals surface area contributed by atoms with Gasteiger partial charge in [-0.2, -0.15) is 8.42 Å². The molecule has 10 heteroatoms. The zero-order valence-corrected chi connectivity index (χ0v) is 42.8. The smallest absolute Gasteiger partial charge is 0.364 e. The van der Waals surface area contributed by atoms with Gasteiger partial charge < -0.3 is 19.8 Å². The van der Waals surface area contributed by atoms with E-state index in [0.717, 1.165) is 74.1 Å². The van der Waals surface area contributed by atoms with Crippen LogP contribution in [0.2, 0.25) is 0 Å². The van der Waals surface area contributed by atoms with Crippen molar-refractivity contribution >= 4 is 65.5 Å². The number of unbranched alkanes of at least 4 members (excludes halogenated alkanes) is 2. The number of aliphatic carboxylic acids is 2. The Hall–Kier alpha value is -6.49. The molecule has 0 amide bonds. The Morgan fingerprint density at radius 1 is 0.556 bits per heavy atom. The van der Waals surface area contributed by atoms with E-state index in [1.807, 2.05) is 27.7 Å². The normalized spacial score (nSPS) is 14.8. The molecule has 2 heterocycles. The summed E-state index contributed by atoms with van der Waals surface area (Å²) in [5, 5.41) is 29.0. The van der Waals surface area contributed by atoms with Crippen LogP contribution in [0.5, 0.6) is 0 Å². The first-order valence-corrected chi connectivity index (χ1v) is 27.4. The summed E-state index contributed by atoms with van der Waals surface area (Å²) >= 11 is 0. The molecule has 0 radical (unpaired) electrons. The topological polar surface area (TPSA) is 157 Å². The summed E-state index contributed by atoms with van der Waals surface area (Å²) in [6.07, 6.45) is 9.78. The molecule has 3 unspecified atom stereocenters. The highest BCUT2D eigenvalue weighted by Gasteiger charge is 2.50. The SMILES string of the molecule is CCCCC(CC)CC(CC(CC)CCCC)(C(=O)[O-])C(C(=O)[O-])S(=O)(=O)O.c1ccc2c(c1)CCc1cc3c(ccc4ccccc43)[o+]c1-2.c1ccc2c(c1)CCc1cc3c(ccc4ccccc43)[o+]c1-2. The Morgan fingerprint density at radius 2 is 0.958 bits per heavy atom. The van der Waals surface area contributed by atoms with E-state index in [2.05, 4.69) is 133 Å². The molecule has 0 spiro atoms. The molecule has 0 saturated heterocycles. The van der Waals surface area contributed by atoms with Gasteiger partial charge in [0.15, 0.2) is 0 Å². The number of fused-ring (bicyclic) bond motifs is 12. The average molecular weight is 987 g/mol. The van der Waals surface area contributed by atoms with Crippen molar-refractivity contribution < 1.29 is 41.6 Å². The van der Waals surface area contributed by atoms with Gasteiger partial charge in [0.25, 0.3) is 10.1 Å². The van der Waals surface area contributed by atoms with Crippen LogP contribution in [0.15, 0.2) is 142 Å². The molecule has 0 fully saturated rings. The first-order chi connectivity index (χ1) is 34.8. The molecule has 2 aliphatic carbocycles. The maximum Gasteiger partial charge on any atom is 0.364 e. The zero-order chi connectivity index (χ0) is 51.0. The highest BCUT2D eigenvalue weighted by Crippen LogP contribution is 2.44. The maximum atomic E-state index is 12.3. The molecular weight excluding hydrogens is 921 g/mol.